The molecule has 2 aromatic carbocycles. The summed E-state index contributed by atoms with van der Waals surface area (Å²) >= 11 is 0. The first kappa shape index (κ1) is 12.9. The molecule has 0 unspecified atom stereocenters. The highest BCUT2D eigenvalue weighted by Gasteiger charge is 2.10. The molecule has 0 aliphatic rings. The lowest BCUT2D eigenvalue weighted by molar-refractivity contribution is 0.873. The van der Waals surface area contributed by atoms with Crippen LogP contribution in [0.25, 0.3) is 22.0 Å². The number of hydrogen-bond donors (Lipinski definition) is 1. The summed E-state index contributed by atoms with van der Waals surface area (Å²) in [6, 6.07) is 15.4. The van der Waals surface area contributed by atoms with Crippen molar-refractivity contribution in [1.29, 1.82) is 0 Å². The van der Waals surface area contributed by atoms with Gasteiger partial charge in [0.1, 0.15) is 0 Å². The minimum atomic E-state index is 0.590. The zero-order valence-electron chi connectivity index (χ0n) is 12.3. The highest BCUT2D eigenvalue weighted by Crippen LogP contribution is 2.28. The highest BCUT2D eigenvalue weighted by molar-refractivity contribution is 5.87. The molecule has 2 heteroatoms. The maximum absolute atomic E-state index is 5.80. The van der Waals surface area contributed by atoms with Crippen LogP contribution >= 0.6 is 0 Å². The van der Waals surface area contributed by atoms with Gasteiger partial charge < -0.3 is 10.3 Å². The van der Waals surface area contributed by atoms with Crippen LogP contribution in [-0.2, 0) is 13.6 Å². The van der Waals surface area contributed by atoms with Crippen molar-refractivity contribution >= 4 is 10.8 Å². The van der Waals surface area contributed by atoms with Crippen molar-refractivity contribution in [2.75, 3.05) is 0 Å². The molecule has 0 aliphatic carbocycles. The smallest absolute Gasteiger partial charge is 0.0483 e. The van der Waals surface area contributed by atoms with Gasteiger partial charge in [-0.05, 0) is 47.9 Å². The molecule has 102 valence electrons. The van der Waals surface area contributed by atoms with Crippen molar-refractivity contribution in [2.45, 2.75) is 20.4 Å². The van der Waals surface area contributed by atoms with E-state index in [0.29, 0.717) is 6.54 Å². The van der Waals surface area contributed by atoms with E-state index in [9.17, 15) is 0 Å². The monoisotopic (exact) mass is 264 g/mol. The minimum Gasteiger partial charge on any atom is -0.348 e. The first-order valence-corrected chi connectivity index (χ1v) is 6.96. The van der Waals surface area contributed by atoms with Crippen LogP contribution in [0.15, 0.2) is 42.5 Å². The molecule has 0 aliphatic heterocycles. The Balaban J connectivity index is 2.17. The largest absolute Gasteiger partial charge is 0.348 e. The Kier molecular flexibility index (Phi) is 3.11. The maximum Gasteiger partial charge on any atom is 0.0483 e. The Morgan fingerprint density at radius 1 is 0.950 bits per heavy atom. The summed E-state index contributed by atoms with van der Waals surface area (Å²) < 4.78 is 2.22. The summed E-state index contributed by atoms with van der Waals surface area (Å²) in [5, 5.41) is 2.57. The van der Waals surface area contributed by atoms with Gasteiger partial charge >= 0.3 is 0 Å². The van der Waals surface area contributed by atoms with E-state index in [1.54, 1.807) is 0 Å². The van der Waals surface area contributed by atoms with Gasteiger partial charge in [-0.25, -0.2) is 0 Å². The highest BCUT2D eigenvalue weighted by atomic mass is 15.0. The topological polar surface area (TPSA) is 30.9 Å². The molecule has 0 atom stereocenters. The molecule has 3 aromatic rings. The van der Waals surface area contributed by atoms with Gasteiger partial charge in [0, 0.05) is 25.0 Å². The van der Waals surface area contributed by atoms with Crippen LogP contribution in [0.3, 0.4) is 0 Å². The van der Waals surface area contributed by atoms with Crippen molar-refractivity contribution < 1.29 is 0 Å². The van der Waals surface area contributed by atoms with Gasteiger partial charge in [-0.3, -0.25) is 0 Å². The molecule has 0 fully saturated rings. The van der Waals surface area contributed by atoms with Crippen LogP contribution < -0.4 is 5.73 Å². The Labute approximate surface area is 119 Å². The summed E-state index contributed by atoms with van der Waals surface area (Å²) in [4.78, 5) is 0. The molecule has 0 spiro atoms. The first-order chi connectivity index (χ1) is 9.60. The Morgan fingerprint density at radius 2 is 1.65 bits per heavy atom. The van der Waals surface area contributed by atoms with Gasteiger partial charge in [0.2, 0.25) is 0 Å². The van der Waals surface area contributed by atoms with Crippen LogP contribution in [-0.4, -0.2) is 4.57 Å². The molecule has 1 aromatic heterocycles. The fourth-order valence-corrected chi connectivity index (χ4v) is 2.77. The number of fused-ring (bicyclic) bond motifs is 1. The van der Waals surface area contributed by atoms with Gasteiger partial charge in [-0.15, -0.1) is 0 Å². The summed E-state index contributed by atoms with van der Waals surface area (Å²) in [5.74, 6) is 0. The number of aryl methyl sites for hydroxylation is 1. The Bertz CT molecular complexity index is 781. The third-order valence-electron chi connectivity index (χ3n) is 4.15. The van der Waals surface area contributed by atoms with Gasteiger partial charge in [-0.1, -0.05) is 35.9 Å². The second-order valence-electron chi connectivity index (χ2n) is 5.47. The molecular weight excluding hydrogens is 244 g/mol. The zero-order valence-corrected chi connectivity index (χ0v) is 12.3. The fourth-order valence-electron chi connectivity index (χ4n) is 2.77. The van der Waals surface area contributed by atoms with Crippen LogP contribution in [0.2, 0.25) is 0 Å². The standard InChI is InChI=1S/C18H20N2/c1-12-4-5-15-9-16(7-6-14(15)8-12)18-10-17(11-19)13(2)20(18)3/h4-10H,11,19H2,1-3H3. The third-order valence-corrected chi connectivity index (χ3v) is 4.15. The van der Waals surface area contributed by atoms with Crippen molar-refractivity contribution in [3.63, 3.8) is 0 Å². The van der Waals surface area contributed by atoms with Gasteiger partial charge in [0.25, 0.3) is 0 Å². The fraction of sp³-hybridized carbons (Fsp3) is 0.222. The maximum atomic E-state index is 5.80. The first-order valence-electron chi connectivity index (χ1n) is 6.96. The van der Waals surface area contributed by atoms with E-state index in [-0.39, 0.29) is 0 Å². The second-order valence-corrected chi connectivity index (χ2v) is 5.47. The second kappa shape index (κ2) is 4.80. The average Bonchev–Trinajstić information content (AvgIpc) is 2.74. The number of rotatable bonds is 2. The molecule has 2 nitrogen and oxygen atoms in total. The Morgan fingerprint density at radius 3 is 2.35 bits per heavy atom. The summed E-state index contributed by atoms with van der Waals surface area (Å²) in [7, 11) is 2.10. The minimum absolute atomic E-state index is 0.590. The van der Waals surface area contributed by atoms with Crippen LogP contribution in [0, 0.1) is 13.8 Å². The lowest BCUT2D eigenvalue weighted by Gasteiger charge is -2.07. The SMILES string of the molecule is Cc1ccc2cc(-c3cc(CN)c(C)n3C)ccc2c1. The van der Waals surface area contributed by atoms with Gasteiger partial charge in [0.15, 0.2) is 0 Å². The molecule has 2 N–H and O–H groups in total. The molecular formula is C18H20N2. The van der Waals surface area contributed by atoms with Crippen molar-refractivity contribution in [2.24, 2.45) is 12.8 Å². The normalized spacial score (nSPS) is 11.2. The molecule has 0 bridgehead atoms. The molecule has 0 saturated carbocycles. The van der Waals surface area contributed by atoms with Crippen molar-refractivity contribution in [3.05, 3.63) is 59.3 Å². The summed E-state index contributed by atoms with van der Waals surface area (Å²) in [6.07, 6.45) is 0. The van der Waals surface area contributed by atoms with Gasteiger partial charge in [-0.2, -0.15) is 0 Å². The molecule has 0 radical (unpaired) electrons. The average molecular weight is 264 g/mol. The predicted molar refractivity (Wildman–Crippen MR) is 85.7 cm³/mol. The third kappa shape index (κ3) is 2.02. The molecule has 20 heavy (non-hydrogen) atoms. The predicted octanol–water partition coefficient (Wildman–Crippen LogP) is 3.92. The lowest BCUT2D eigenvalue weighted by Crippen LogP contribution is -1.99. The summed E-state index contributed by atoms with van der Waals surface area (Å²) in [6.45, 7) is 4.84. The molecule has 0 amide bonds. The lowest BCUT2D eigenvalue weighted by atomic mass is 10.0. The number of nitrogens with two attached hydrogens (primary N) is 1. The van der Waals surface area contributed by atoms with E-state index in [4.69, 9.17) is 5.73 Å². The molecule has 0 saturated heterocycles. The Hall–Kier alpha value is -2.06. The van der Waals surface area contributed by atoms with E-state index in [0.717, 1.165) is 0 Å². The van der Waals surface area contributed by atoms with E-state index in [2.05, 4.69) is 67.9 Å². The van der Waals surface area contributed by atoms with E-state index in [1.807, 2.05) is 0 Å². The quantitative estimate of drug-likeness (QED) is 0.747. The number of benzene rings is 2. The van der Waals surface area contributed by atoms with Crippen LogP contribution in [0.1, 0.15) is 16.8 Å². The van der Waals surface area contributed by atoms with Crippen LogP contribution in [0.5, 0.6) is 0 Å². The molecule has 3 rings (SSSR count). The van der Waals surface area contributed by atoms with Crippen molar-refractivity contribution in [3.8, 4) is 11.3 Å². The number of nitrogens with zero attached hydrogens (tertiary/aromatic N) is 1. The van der Waals surface area contributed by atoms with E-state index < -0.39 is 0 Å². The van der Waals surface area contributed by atoms with E-state index in [1.165, 1.54) is 38.9 Å². The van der Waals surface area contributed by atoms with E-state index >= 15 is 0 Å². The number of hydrogen-bond acceptors (Lipinski definition) is 1. The number of aromatic nitrogens is 1. The molecule has 1 heterocycles. The summed E-state index contributed by atoms with van der Waals surface area (Å²) in [5.41, 5.74) is 12.0. The van der Waals surface area contributed by atoms with Crippen molar-refractivity contribution in [1.82, 2.24) is 4.57 Å². The zero-order chi connectivity index (χ0) is 14.3. The van der Waals surface area contributed by atoms with Crippen LogP contribution in [0.4, 0.5) is 0 Å². The van der Waals surface area contributed by atoms with Gasteiger partial charge in [0.05, 0.1) is 0 Å².